The molecule has 0 heterocycles. The number of methoxy groups -OCH3 is 4. The summed E-state index contributed by atoms with van der Waals surface area (Å²) in [5, 5.41) is 3.62. The van der Waals surface area contributed by atoms with E-state index >= 15 is 0 Å². The summed E-state index contributed by atoms with van der Waals surface area (Å²) in [7, 11) is 6.18. The second-order valence-electron chi connectivity index (χ2n) is 7.81. The maximum Gasteiger partial charge on any atom is 0.187 e. The summed E-state index contributed by atoms with van der Waals surface area (Å²) in [5.41, 5.74) is 2.54. The van der Waals surface area contributed by atoms with Crippen molar-refractivity contribution in [1.29, 1.82) is 0 Å². The molecular weight excluding hydrogens is 494 g/mol. The Morgan fingerprint density at radius 3 is 2.05 bits per heavy atom. The first-order valence-electron chi connectivity index (χ1n) is 11.3. The minimum Gasteiger partial charge on any atom is -0.496 e. The van der Waals surface area contributed by atoms with Gasteiger partial charge in [0.15, 0.2) is 11.6 Å². The number of carbonyl (C=O) groups excluding carboxylic acids is 2. The van der Waals surface area contributed by atoms with Crippen molar-refractivity contribution >= 4 is 34.9 Å². The Labute approximate surface area is 221 Å². The van der Waals surface area contributed by atoms with Crippen LogP contribution in [0.15, 0.2) is 72.9 Å². The van der Waals surface area contributed by atoms with Crippen molar-refractivity contribution < 1.29 is 28.5 Å². The first kappa shape index (κ1) is 27.4. The third-order valence-corrected chi connectivity index (χ3v) is 5.69. The molecule has 3 aromatic carbocycles. The van der Waals surface area contributed by atoms with Crippen molar-refractivity contribution in [2.24, 2.45) is 0 Å². The predicted molar refractivity (Wildman–Crippen MR) is 145 cm³/mol. The molecule has 0 spiro atoms. The van der Waals surface area contributed by atoms with Gasteiger partial charge in [0.05, 0.1) is 39.7 Å². The van der Waals surface area contributed by atoms with E-state index in [0.717, 1.165) is 5.56 Å². The lowest BCUT2D eigenvalue weighted by molar-refractivity contribution is -0.113. The summed E-state index contributed by atoms with van der Waals surface area (Å²) in [6, 6.07) is 15.5. The third-order valence-electron chi connectivity index (χ3n) is 5.43. The van der Waals surface area contributed by atoms with E-state index in [0.29, 0.717) is 44.8 Å². The monoisotopic (exact) mass is 521 g/mol. The van der Waals surface area contributed by atoms with E-state index in [1.165, 1.54) is 32.6 Å². The van der Waals surface area contributed by atoms with Crippen molar-refractivity contribution in [3.8, 4) is 23.0 Å². The number of hydrogen-bond acceptors (Lipinski definition) is 7. The summed E-state index contributed by atoms with van der Waals surface area (Å²) in [6.07, 6.45) is 6.24. The first-order chi connectivity index (χ1) is 17.9. The van der Waals surface area contributed by atoms with E-state index in [2.05, 4.69) is 5.32 Å². The van der Waals surface area contributed by atoms with Crippen molar-refractivity contribution in [2.75, 3.05) is 33.8 Å². The van der Waals surface area contributed by atoms with Gasteiger partial charge in [-0.2, -0.15) is 0 Å². The molecule has 0 unspecified atom stereocenters. The highest BCUT2D eigenvalue weighted by atomic mass is 35.5. The Kier molecular flexibility index (Phi) is 9.75. The molecule has 37 heavy (non-hydrogen) atoms. The van der Waals surface area contributed by atoms with Gasteiger partial charge in [0.2, 0.25) is 0 Å². The predicted octanol–water partition coefficient (Wildman–Crippen LogP) is 6.01. The quantitative estimate of drug-likeness (QED) is 0.231. The van der Waals surface area contributed by atoms with Crippen LogP contribution in [0.5, 0.6) is 23.0 Å². The lowest BCUT2D eigenvalue weighted by Crippen LogP contribution is -2.02. The van der Waals surface area contributed by atoms with Crippen LogP contribution in [-0.2, 0) is 11.2 Å². The molecule has 1 N–H and O–H groups in total. The number of ketones is 2. The van der Waals surface area contributed by atoms with E-state index in [1.54, 1.807) is 68.8 Å². The average Bonchev–Trinajstić information content (AvgIpc) is 2.91. The first-order valence-corrected chi connectivity index (χ1v) is 11.7. The van der Waals surface area contributed by atoms with Crippen LogP contribution in [0.1, 0.15) is 21.5 Å². The highest BCUT2D eigenvalue weighted by Crippen LogP contribution is 2.35. The fourth-order valence-corrected chi connectivity index (χ4v) is 3.65. The molecule has 0 aliphatic heterocycles. The molecule has 0 aliphatic rings. The number of anilines is 1. The fourth-order valence-electron chi connectivity index (χ4n) is 3.53. The van der Waals surface area contributed by atoms with E-state index in [4.69, 9.17) is 30.5 Å². The summed E-state index contributed by atoms with van der Waals surface area (Å²) < 4.78 is 21.5. The second kappa shape index (κ2) is 13.2. The Hall–Kier alpha value is -4.23. The summed E-state index contributed by atoms with van der Waals surface area (Å²) in [6.45, 7) is 0. The molecule has 0 bridgehead atoms. The molecule has 0 atom stereocenters. The molecule has 7 nitrogen and oxygen atoms in total. The van der Waals surface area contributed by atoms with Gasteiger partial charge >= 0.3 is 0 Å². The minimum atomic E-state index is -0.177. The van der Waals surface area contributed by atoms with Crippen LogP contribution in [-0.4, -0.2) is 40.0 Å². The number of ether oxygens (including phenoxy) is 4. The van der Waals surface area contributed by atoms with Gasteiger partial charge < -0.3 is 24.3 Å². The van der Waals surface area contributed by atoms with Crippen molar-refractivity contribution in [1.82, 2.24) is 0 Å². The third kappa shape index (κ3) is 7.38. The van der Waals surface area contributed by atoms with E-state index in [-0.39, 0.29) is 18.0 Å². The topological polar surface area (TPSA) is 83.1 Å². The molecular formula is C29H28ClNO6. The molecule has 0 saturated carbocycles. The molecule has 0 saturated heterocycles. The Morgan fingerprint density at radius 1 is 0.811 bits per heavy atom. The number of halogens is 1. The van der Waals surface area contributed by atoms with Gasteiger partial charge in [0.25, 0.3) is 0 Å². The van der Waals surface area contributed by atoms with Gasteiger partial charge in [-0.05, 0) is 54.1 Å². The molecule has 8 heteroatoms. The summed E-state index contributed by atoms with van der Waals surface area (Å²) in [5.74, 6) is 1.91. The highest BCUT2D eigenvalue weighted by molar-refractivity contribution is 6.30. The number of hydrogen-bond donors (Lipinski definition) is 1. The summed E-state index contributed by atoms with van der Waals surface area (Å²) >= 11 is 5.87. The van der Waals surface area contributed by atoms with Crippen molar-refractivity contribution in [2.45, 2.75) is 6.42 Å². The Morgan fingerprint density at radius 2 is 1.46 bits per heavy atom. The van der Waals surface area contributed by atoms with Gasteiger partial charge in [-0.1, -0.05) is 17.7 Å². The maximum absolute atomic E-state index is 12.7. The molecule has 0 radical (unpaired) electrons. The smallest absolute Gasteiger partial charge is 0.187 e. The zero-order valence-electron chi connectivity index (χ0n) is 21.0. The fraction of sp³-hybridized carbons (Fsp3) is 0.172. The van der Waals surface area contributed by atoms with Gasteiger partial charge in [0, 0.05) is 41.4 Å². The van der Waals surface area contributed by atoms with E-state index in [9.17, 15) is 9.59 Å². The number of rotatable bonds is 12. The normalized spacial score (nSPS) is 10.9. The number of nitrogens with one attached hydrogen (secondary N) is 1. The van der Waals surface area contributed by atoms with Crippen LogP contribution in [0.25, 0.3) is 6.08 Å². The largest absolute Gasteiger partial charge is 0.496 e. The van der Waals surface area contributed by atoms with Crippen LogP contribution >= 0.6 is 11.6 Å². The lowest BCUT2D eigenvalue weighted by atomic mass is 10.1. The molecule has 0 aromatic heterocycles. The van der Waals surface area contributed by atoms with Gasteiger partial charge in [-0.3, -0.25) is 9.59 Å². The second-order valence-corrected chi connectivity index (χ2v) is 8.24. The average molecular weight is 522 g/mol. The van der Waals surface area contributed by atoms with Crippen molar-refractivity contribution in [3.05, 3.63) is 94.7 Å². The van der Waals surface area contributed by atoms with Crippen LogP contribution in [0.3, 0.4) is 0 Å². The van der Waals surface area contributed by atoms with E-state index in [1.807, 2.05) is 6.07 Å². The SMILES string of the molecule is COc1cc(OC)c(/C=C/C(=O)Cc2ccc(OC)c(N/C=C/C(=O)c3ccc(Cl)cc3)c2)c(OC)c1. The van der Waals surface area contributed by atoms with Crippen LogP contribution in [0.2, 0.25) is 5.02 Å². The molecule has 3 rings (SSSR count). The van der Waals surface area contributed by atoms with Gasteiger partial charge in [-0.25, -0.2) is 0 Å². The zero-order valence-corrected chi connectivity index (χ0v) is 21.8. The minimum absolute atomic E-state index is 0.121. The Bertz CT molecular complexity index is 1290. The highest BCUT2D eigenvalue weighted by Gasteiger charge is 2.12. The standard InChI is InChI=1S/C29H28ClNO6/c1-34-23-17-28(36-3)24(29(18-23)37-4)11-10-22(32)15-19-5-12-27(35-2)25(16-19)31-14-13-26(33)20-6-8-21(30)9-7-20/h5-14,16-18,31H,15H2,1-4H3/b11-10+,14-13+. The number of allylic oxidation sites excluding steroid dienone is 2. The van der Waals surface area contributed by atoms with E-state index < -0.39 is 0 Å². The van der Waals surface area contributed by atoms with Crippen LogP contribution in [0.4, 0.5) is 5.69 Å². The van der Waals surface area contributed by atoms with Crippen LogP contribution in [0, 0.1) is 0 Å². The number of benzene rings is 3. The zero-order chi connectivity index (χ0) is 26.8. The van der Waals surface area contributed by atoms with Gasteiger partial charge in [0.1, 0.15) is 23.0 Å². The molecule has 192 valence electrons. The number of carbonyl (C=O) groups is 2. The molecule has 0 amide bonds. The Balaban J connectivity index is 1.72. The molecule has 3 aromatic rings. The van der Waals surface area contributed by atoms with Crippen LogP contribution < -0.4 is 24.3 Å². The summed E-state index contributed by atoms with van der Waals surface area (Å²) in [4.78, 5) is 25.1. The lowest BCUT2D eigenvalue weighted by Gasteiger charge is -2.12. The molecule has 0 aliphatic carbocycles. The van der Waals surface area contributed by atoms with Gasteiger partial charge in [-0.15, -0.1) is 0 Å². The molecule has 0 fully saturated rings. The maximum atomic E-state index is 12.7. The van der Waals surface area contributed by atoms with Crippen molar-refractivity contribution in [3.63, 3.8) is 0 Å².